The molecule has 0 aromatic heterocycles. The van der Waals surface area contributed by atoms with Crippen molar-refractivity contribution in [3.63, 3.8) is 0 Å². The molecule has 0 unspecified atom stereocenters. The Morgan fingerprint density at radius 1 is 1.14 bits per heavy atom. The maximum absolute atomic E-state index is 11.3. The zero-order valence-electron chi connectivity index (χ0n) is 8.82. The van der Waals surface area contributed by atoms with Gasteiger partial charge in [-0.2, -0.15) is 0 Å². The molecular weight excluding hydrogens is 198 g/mol. The Morgan fingerprint density at radius 3 is 2.07 bits per heavy atom. The normalized spacial score (nSPS) is 10.2. The summed E-state index contributed by atoms with van der Waals surface area (Å²) in [5, 5.41) is 0. The van der Waals surface area contributed by atoms with Gasteiger partial charge in [-0.3, -0.25) is 0 Å². The van der Waals surface area contributed by atoms with E-state index in [4.69, 9.17) is 0 Å². The van der Waals surface area contributed by atoms with Crippen LogP contribution in [-0.4, -0.2) is 15.0 Å². The molecule has 0 bridgehead atoms. The Bertz CT molecular complexity index is 332. The molecule has 0 atom stereocenters. The van der Waals surface area contributed by atoms with E-state index in [2.05, 4.69) is 4.72 Å². The molecule has 0 saturated heterocycles. The number of benzene rings is 1. The number of rotatable bonds is 3. The number of nitrogens with one attached hydrogen (secondary N) is 1. The van der Waals surface area contributed by atoms with Crippen LogP contribution in [0.25, 0.3) is 0 Å². The van der Waals surface area contributed by atoms with Crippen LogP contribution in [0, 0.1) is 0 Å². The summed E-state index contributed by atoms with van der Waals surface area (Å²) in [6.45, 7) is 6.16. The van der Waals surface area contributed by atoms with Gasteiger partial charge in [-0.15, -0.1) is 0 Å². The average Bonchev–Trinajstić information content (AvgIpc) is 2.22. The van der Waals surface area contributed by atoms with E-state index >= 15 is 0 Å². The van der Waals surface area contributed by atoms with Gasteiger partial charge in [0.05, 0.1) is 4.90 Å². The van der Waals surface area contributed by atoms with Crippen molar-refractivity contribution in [3.8, 4) is 0 Å². The highest BCUT2D eigenvalue weighted by molar-refractivity contribution is 7.89. The van der Waals surface area contributed by atoms with Crippen LogP contribution in [0.5, 0.6) is 0 Å². The first-order chi connectivity index (χ1) is 6.67. The van der Waals surface area contributed by atoms with Gasteiger partial charge in [0, 0.05) is 6.54 Å². The Balaban J connectivity index is 0.000000791. The molecule has 1 rings (SSSR count). The lowest BCUT2D eigenvalue weighted by atomic mass is 10.4. The monoisotopic (exact) mass is 215 g/mol. The lowest BCUT2D eigenvalue weighted by Crippen LogP contribution is -2.22. The SMILES string of the molecule is CC.CCNS(=O)(=O)c1ccccc1. The molecule has 0 radical (unpaired) electrons. The third-order valence-corrected chi connectivity index (χ3v) is 2.95. The van der Waals surface area contributed by atoms with Crippen LogP contribution in [0.15, 0.2) is 35.2 Å². The second-order valence-electron chi connectivity index (χ2n) is 2.31. The molecule has 0 aliphatic rings. The molecule has 1 aromatic carbocycles. The number of hydrogen-bond donors (Lipinski definition) is 1. The maximum Gasteiger partial charge on any atom is 0.240 e. The summed E-state index contributed by atoms with van der Waals surface area (Å²) in [5.74, 6) is 0. The van der Waals surface area contributed by atoms with Crippen LogP contribution in [0.2, 0.25) is 0 Å². The van der Waals surface area contributed by atoms with Crippen LogP contribution in [0.3, 0.4) is 0 Å². The van der Waals surface area contributed by atoms with E-state index in [9.17, 15) is 8.42 Å². The Labute approximate surface area is 86.2 Å². The summed E-state index contributed by atoms with van der Waals surface area (Å²) in [4.78, 5) is 0.312. The van der Waals surface area contributed by atoms with E-state index in [1.165, 1.54) is 0 Å². The predicted octanol–water partition coefficient (Wildman–Crippen LogP) is 2.01. The summed E-state index contributed by atoms with van der Waals surface area (Å²) in [6.07, 6.45) is 0. The van der Waals surface area contributed by atoms with Crippen molar-refractivity contribution in [1.82, 2.24) is 4.72 Å². The topological polar surface area (TPSA) is 46.2 Å². The van der Waals surface area contributed by atoms with Gasteiger partial charge in [0.2, 0.25) is 10.0 Å². The zero-order valence-corrected chi connectivity index (χ0v) is 9.64. The average molecular weight is 215 g/mol. The molecule has 0 saturated carbocycles. The molecule has 14 heavy (non-hydrogen) atoms. The molecular formula is C10H17NO2S. The van der Waals surface area contributed by atoms with Gasteiger partial charge >= 0.3 is 0 Å². The van der Waals surface area contributed by atoms with Gasteiger partial charge in [0.15, 0.2) is 0 Å². The standard InChI is InChI=1S/C8H11NO2S.C2H6/c1-2-9-12(10,11)8-6-4-3-5-7-8;1-2/h3-7,9H,2H2,1H3;1-2H3. The lowest BCUT2D eigenvalue weighted by Gasteiger charge is -2.02. The Hall–Kier alpha value is -0.870. The smallest absolute Gasteiger partial charge is 0.211 e. The van der Waals surface area contributed by atoms with E-state index in [0.29, 0.717) is 11.4 Å². The van der Waals surface area contributed by atoms with Gasteiger partial charge in [0.25, 0.3) is 0 Å². The first-order valence-electron chi connectivity index (χ1n) is 4.71. The van der Waals surface area contributed by atoms with Crippen LogP contribution >= 0.6 is 0 Å². The van der Waals surface area contributed by atoms with Crippen molar-refractivity contribution in [1.29, 1.82) is 0 Å². The summed E-state index contributed by atoms with van der Waals surface area (Å²) in [7, 11) is -3.26. The molecule has 0 aliphatic heterocycles. The van der Waals surface area contributed by atoms with Crippen LogP contribution in [0.4, 0.5) is 0 Å². The van der Waals surface area contributed by atoms with Crippen molar-refractivity contribution in [2.24, 2.45) is 0 Å². The lowest BCUT2D eigenvalue weighted by molar-refractivity contribution is 0.584. The summed E-state index contributed by atoms with van der Waals surface area (Å²) >= 11 is 0. The minimum atomic E-state index is -3.26. The number of sulfonamides is 1. The second kappa shape index (κ2) is 6.56. The summed E-state index contributed by atoms with van der Waals surface area (Å²) in [5.41, 5.74) is 0. The fraction of sp³-hybridized carbons (Fsp3) is 0.400. The van der Waals surface area contributed by atoms with E-state index in [1.54, 1.807) is 37.3 Å². The largest absolute Gasteiger partial charge is 0.240 e. The third-order valence-electron chi connectivity index (χ3n) is 1.39. The molecule has 80 valence electrons. The van der Waals surface area contributed by atoms with Gasteiger partial charge < -0.3 is 0 Å². The zero-order chi connectivity index (χ0) is 11.0. The fourth-order valence-electron chi connectivity index (χ4n) is 0.873. The van der Waals surface area contributed by atoms with E-state index in [1.807, 2.05) is 13.8 Å². The third kappa shape index (κ3) is 3.89. The highest BCUT2D eigenvalue weighted by Crippen LogP contribution is 2.05. The molecule has 4 heteroatoms. The minimum absolute atomic E-state index is 0.312. The highest BCUT2D eigenvalue weighted by Gasteiger charge is 2.09. The first kappa shape index (κ1) is 13.1. The van der Waals surface area contributed by atoms with Crippen molar-refractivity contribution < 1.29 is 8.42 Å². The minimum Gasteiger partial charge on any atom is -0.211 e. The van der Waals surface area contributed by atoms with Crippen LogP contribution < -0.4 is 4.72 Å². The van der Waals surface area contributed by atoms with E-state index in [-0.39, 0.29) is 0 Å². The molecule has 0 spiro atoms. The van der Waals surface area contributed by atoms with E-state index < -0.39 is 10.0 Å². The first-order valence-corrected chi connectivity index (χ1v) is 6.20. The number of hydrogen-bond acceptors (Lipinski definition) is 2. The van der Waals surface area contributed by atoms with Gasteiger partial charge in [-0.1, -0.05) is 39.0 Å². The van der Waals surface area contributed by atoms with Crippen molar-refractivity contribution in [3.05, 3.63) is 30.3 Å². The van der Waals surface area contributed by atoms with Gasteiger partial charge in [-0.25, -0.2) is 13.1 Å². The Kier molecular flexibility index (Phi) is 6.16. The Morgan fingerprint density at radius 2 is 1.64 bits per heavy atom. The van der Waals surface area contributed by atoms with Crippen molar-refractivity contribution >= 4 is 10.0 Å². The summed E-state index contributed by atoms with van der Waals surface area (Å²) in [6, 6.07) is 8.31. The van der Waals surface area contributed by atoms with E-state index in [0.717, 1.165) is 0 Å². The molecule has 0 heterocycles. The quantitative estimate of drug-likeness (QED) is 0.838. The summed E-state index contributed by atoms with van der Waals surface area (Å²) < 4.78 is 25.1. The van der Waals surface area contributed by atoms with Gasteiger partial charge in [-0.05, 0) is 12.1 Å². The van der Waals surface area contributed by atoms with Crippen molar-refractivity contribution in [2.75, 3.05) is 6.54 Å². The van der Waals surface area contributed by atoms with Crippen LogP contribution in [-0.2, 0) is 10.0 Å². The molecule has 3 nitrogen and oxygen atoms in total. The molecule has 0 aliphatic carbocycles. The fourth-order valence-corrected chi connectivity index (χ4v) is 1.94. The second-order valence-corrected chi connectivity index (χ2v) is 4.08. The predicted molar refractivity (Wildman–Crippen MR) is 58.7 cm³/mol. The molecule has 0 amide bonds. The molecule has 1 N–H and O–H groups in total. The molecule has 0 fully saturated rings. The van der Waals surface area contributed by atoms with Gasteiger partial charge in [0.1, 0.15) is 0 Å². The van der Waals surface area contributed by atoms with Crippen molar-refractivity contribution in [2.45, 2.75) is 25.7 Å². The van der Waals surface area contributed by atoms with Crippen LogP contribution in [0.1, 0.15) is 20.8 Å². The molecule has 1 aromatic rings. The maximum atomic E-state index is 11.3. The highest BCUT2D eigenvalue weighted by atomic mass is 32.2.